The highest BCUT2D eigenvalue weighted by atomic mass is 35.5. The molecule has 0 atom stereocenters. The molecule has 0 aliphatic heterocycles. The second kappa shape index (κ2) is 8.27. The fourth-order valence-corrected chi connectivity index (χ4v) is 1.76. The minimum absolute atomic E-state index is 0.130. The van der Waals surface area contributed by atoms with Gasteiger partial charge in [-0.2, -0.15) is 0 Å². The summed E-state index contributed by atoms with van der Waals surface area (Å²) in [6, 6.07) is 10.8. The lowest BCUT2D eigenvalue weighted by Crippen LogP contribution is -2.20. The second-order valence-electron chi connectivity index (χ2n) is 4.07. The molecule has 0 bridgehead atoms. The van der Waals surface area contributed by atoms with Gasteiger partial charge in [-0.25, -0.2) is 9.18 Å². The number of aryl methyl sites for hydroxylation is 1. The molecule has 0 radical (unpaired) electrons. The summed E-state index contributed by atoms with van der Waals surface area (Å²) in [7, 11) is 0. The van der Waals surface area contributed by atoms with E-state index in [0.717, 1.165) is 5.56 Å². The van der Waals surface area contributed by atoms with Crippen LogP contribution in [-0.4, -0.2) is 6.03 Å². The molecule has 2 aromatic rings. The van der Waals surface area contributed by atoms with E-state index in [1.165, 1.54) is 12.1 Å². The van der Waals surface area contributed by atoms with E-state index in [2.05, 4.69) is 10.6 Å². The molecule has 2 rings (SSSR count). The van der Waals surface area contributed by atoms with Crippen molar-refractivity contribution in [1.29, 1.82) is 0 Å². The standard InChI is InChI=1S/C14H12ClFN2O.C2H6/c1-9-5-6-13(12(16)7-9)18-14(19)17-11-4-2-3-10(15)8-11;1-2/h2-8H,1H3,(H2,17,18,19);1-2H3. The van der Waals surface area contributed by atoms with Crippen LogP contribution in [0.1, 0.15) is 19.4 Å². The van der Waals surface area contributed by atoms with Crippen LogP contribution in [0.15, 0.2) is 42.5 Å². The monoisotopic (exact) mass is 308 g/mol. The van der Waals surface area contributed by atoms with Crippen LogP contribution >= 0.6 is 11.6 Å². The van der Waals surface area contributed by atoms with Crippen molar-refractivity contribution in [2.45, 2.75) is 20.8 Å². The quantitative estimate of drug-likeness (QED) is 0.760. The first kappa shape index (κ1) is 17.0. The van der Waals surface area contributed by atoms with Crippen LogP contribution in [0.3, 0.4) is 0 Å². The van der Waals surface area contributed by atoms with Crippen LogP contribution in [0.2, 0.25) is 5.02 Å². The summed E-state index contributed by atoms with van der Waals surface area (Å²) >= 11 is 5.80. The van der Waals surface area contributed by atoms with Gasteiger partial charge in [-0.1, -0.05) is 37.6 Å². The molecular weight excluding hydrogens is 291 g/mol. The number of nitrogens with one attached hydrogen (secondary N) is 2. The molecule has 0 aliphatic carbocycles. The lowest BCUT2D eigenvalue weighted by Gasteiger charge is -2.09. The van der Waals surface area contributed by atoms with E-state index < -0.39 is 11.8 Å². The lowest BCUT2D eigenvalue weighted by atomic mass is 10.2. The number of urea groups is 1. The van der Waals surface area contributed by atoms with Gasteiger partial charge in [0.25, 0.3) is 0 Å². The summed E-state index contributed by atoms with van der Waals surface area (Å²) in [5.74, 6) is -0.471. The topological polar surface area (TPSA) is 41.1 Å². The molecule has 0 heterocycles. The molecule has 0 aromatic heterocycles. The molecule has 0 saturated carbocycles. The number of carbonyl (C=O) groups is 1. The van der Waals surface area contributed by atoms with Crippen molar-refractivity contribution in [3.05, 3.63) is 58.9 Å². The van der Waals surface area contributed by atoms with Gasteiger partial charge in [0.15, 0.2) is 0 Å². The Morgan fingerprint density at radius 3 is 2.43 bits per heavy atom. The second-order valence-corrected chi connectivity index (χ2v) is 4.51. The zero-order valence-electron chi connectivity index (χ0n) is 12.2. The van der Waals surface area contributed by atoms with Crippen LogP contribution in [0.25, 0.3) is 0 Å². The molecule has 0 spiro atoms. The molecule has 21 heavy (non-hydrogen) atoms. The van der Waals surface area contributed by atoms with Gasteiger partial charge >= 0.3 is 6.03 Å². The highest BCUT2D eigenvalue weighted by molar-refractivity contribution is 6.30. The summed E-state index contributed by atoms with van der Waals surface area (Å²) in [6.45, 7) is 5.78. The molecule has 0 unspecified atom stereocenters. The molecule has 0 fully saturated rings. The fraction of sp³-hybridized carbons (Fsp3) is 0.188. The Labute approximate surface area is 129 Å². The van der Waals surface area contributed by atoms with Crippen molar-refractivity contribution < 1.29 is 9.18 Å². The molecule has 0 saturated heterocycles. The third-order valence-corrected chi connectivity index (χ3v) is 2.69. The van der Waals surface area contributed by atoms with E-state index in [-0.39, 0.29) is 5.69 Å². The number of hydrogen-bond acceptors (Lipinski definition) is 1. The highest BCUT2D eigenvalue weighted by Gasteiger charge is 2.07. The summed E-state index contributed by atoms with van der Waals surface area (Å²) in [5, 5.41) is 5.52. The predicted octanol–water partition coefficient (Wildman–Crippen LogP) is 5.46. The minimum atomic E-state index is -0.523. The SMILES string of the molecule is CC.Cc1ccc(NC(=O)Nc2cccc(Cl)c2)c(F)c1. The third kappa shape index (κ3) is 5.44. The number of halogens is 2. The van der Waals surface area contributed by atoms with Crippen LogP contribution in [0, 0.1) is 12.7 Å². The first-order chi connectivity index (χ1) is 10.0. The van der Waals surface area contributed by atoms with Gasteiger partial charge in [0.05, 0.1) is 5.69 Å². The Hall–Kier alpha value is -2.07. The first-order valence-electron chi connectivity index (χ1n) is 6.64. The highest BCUT2D eigenvalue weighted by Crippen LogP contribution is 2.17. The van der Waals surface area contributed by atoms with E-state index in [1.807, 2.05) is 13.8 Å². The van der Waals surface area contributed by atoms with E-state index in [9.17, 15) is 9.18 Å². The van der Waals surface area contributed by atoms with Crippen molar-refractivity contribution in [1.82, 2.24) is 0 Å². The number of rotatable bonds is 2. The maximum atomic E-state index is 13.6. The first-order valence-corrected chi connectivity index (χ1v) is 7.02. The Bertz CT molecular complexity index is 617. The smallest absolute Gasteiger partial charge is 0.308 e. The Kier molecular flexibility index (Phi) is 6.69. The van der Waals surface area contributed by atoms with Crippen LogP contribution in [-0.2, 0) is 0 Å². The maximum absolute atomic E-state index is 13.6. The van der Waals surface area contributed by atoms with E-state index in [1.54, 1.807) is 37.3 Å². The van der Waals surface area contributed by atoms with Crippen molar-refractivity contribution >= 4 is 29.0 Å². The summed E-state index contributed by atoms with van der Waals surface area (Å²) in [6.07, 6.45) is 0. The molecule has 2 aromatic carbocycles. The molecule has 112 valence electrons. The normalized spacial score (nSPS) is 9.38. The minimum Gasteiger partial charge on any atom is -0.308 e. The summed E-state index contributed by atoms with van der Waals surface area (Å²) in [5.41, 5.74) is 1.46. The van der Waals surface area contributed by atoms with E-state index in [0.29, 0.717) is 10.7 Å². The van der Waals surface area contributed by atoms with Crippen molar-refractivity contribution in [3.63, 3.8) is 0 Å². The Morgan fingerprint density at radius 2 is 1.81 bits per heavy atom. The summed E-state index contributed by atoms with van der Waals surface area (Å²) in [4.78, 5) is 11.7. The number of carbonyl (C=O) groups excluding carboxylic acids is 1. The lowest BCUT2D eigenvalue weighted by molar-refractivity contribution is 0.262. The van der Waals surface area contributed by atoms with Crippen LogP contribution in [0.5, 0.6) is 0 Å². The van der Waals surface area contributed by atoms with Gasteiger partial charge in [-0.05, 0) is 42.8 Å². The molecule has 5 heteroatoms. The zero-order valence-corrected chi connectivity index (χ0v) is 13.0. The number of amides is 2. The number of anilines is 2. The third-order valence-electron chi connectivity index (χ3n) is 2.46. The van der Waals surface area contributed by atoms with Gasteiger partial charge < -0.3 is 10.6 Å². The van der Waals surface area contributed by atoms with Crippen molar-refractivity contribution in [2.75, 3.05) is 10.6 Å². The molecular formula is C16H18ClFN2O. The van der Waals surface area contributed by atoms with Gasteiger partial charge in [-0.15, -0.1) is 0 Å². The number of benzene rings is 2. The Morgan fingerprint density at radius 1 is 1.10 bits per heavy atom. The predicted molar refractivity (Wildman–Crippen MR) is 86.6 cm³/mol. The largest absolute Gasteiger partial charge is 0.323 e. The molecule has 2 amide bonds. The van der Waals surface area contributed by atoms with Crippen LogP contribution < -0.4 is 10.6 Å². The van der Waals surface area contributed by atoms with Crippen molar-refractivity contribution in [2.24, 2.45) is 0 Å². The molecule has 3 nitrogen and oxygen atoms in total. The molecule has 0 aliphatic rings. The average Bonchev–Trinajstić information content (AvgIpc) is 2.44. The van der Waals surface area contributed by atoms with Gasteiger partial charge in [0.2, 0.25) is 0 Å². The fourth-order valence-electron chi connectivity index (χ4n) is 1.57. The van der Waals surface area contributed by atoms with Crippen LogP contribution in [0.4, 0.5) is 20.6 Å². The summed E-state index contributed by atoms with van der Waals surface area (Å²) < 4.78 is 13.6. The van der Waals surface area contributed by atoms with Gasteiger partial charge in [-0.3, -0.25) is 0 Å². The maximum Gasteiger partial charge on any atom is 0.323 e. The zero-order chi connectivity index (χ0) is 15.8. The van der Waals surface area contributed by atoms with E-state index >= 15 is 0 Å². The molecule has 2 N–H and O–H groups in total. The van der Waals surface area contributed by atoms with Gasteiger partial charge in [0, 0.05) is 10.7 Å². The van der Waals surface area contributed by atoms with Gasteiger partial charge in [0.1, 0.15) is 5.82 Å². The average molecular weight is 309 g/mol. The van der Waals surface area contributed by atoms with E-state index in [4.69, 9.17) is 11.6 Å². The number of hydrogen-bond donors (Lipinski definition) is 2. The Balaban J connectivity index is 0.00000106. The van der Waals surface area contributed by atoms with Crippen molar-refractivity contribution in [3.8, 4) is 0 Å².